The molecule has 25 heavy (non-hydrogen) atoms. The summed E-state index contributed by atoms with van der Waals surface area (Å²) < 4.78 is 1.63. The number of amides is 2. The van der Waals surface area contributed by atoms with Crippen LogP contribution in [0.4, 0.5) is 0 Å². The minimum absolute atomic E-state index is 0.0167. The van der Waals surface area contributed by atoms with Crippen LogP contribution >= 0.6 is 0 Å². The van der Waals surface area contributed by atoms with E-state index < -0.39 is 6.04 Å². The quantitative estimate of drug-likeness (QED) is 0.872. The highest BCUT2D eigenvalue weighted by Crippen LogP contribution is 2.20. The van der Waals surface area contributed by atoms with Gasteiger partial charge in [0.15, 0.2) is 0 Å². The number of carbonyl (C=O) groups excluding carboxylic acids is 2. The van der Waals surface area contributed by atoms with Crippen LogP contribution in [0.3, 0.4) is 0 Å². The summed E-state index contributed by atoms with van der Waals surface area (Å²) in [5.41, 5.74) is 6.89. The molecule has 7 nitrogen and oxygen atoms in total. The Labute approximate surface area is 147 Å². The molecule has 0 bridgehead atoms. The van der Waals surface area contributed by atoms with Gasteiger partial charge in [-0.1, -0.05) is 18.2 Å². The molecule has 1 saturated heterocycles. The van der Waals surface area contributed by atoms with Gasteiger partial charge in [0.2, 0.25) is 11.8 Å². The van der Waals surface area contributed by atoms with E-state index in [1.807, 2.05) is 44.3 Å². The summed E-state index contributed by atoms with van der Waals surface area (Å²) in [4.78, 5) is 28.9. The maximum atomic E-state index is 12.8. The number of benzene rings is 1. The van der Waals surface area contributed by atoms with E-state index in [0.29, 0.717) is 26.1 Å². The number of hydrogen-bond donors (Lipinski definition) is 1. The van der Waals surface area contributed by atoms with Crippen LogP contribution in [0.25, 0.3) is 10.9 Å². The lowest BCUT2D eigenvalue weighted by molar-refractivity contribution is -0.144. The summed E-state index contributed by atoms with van der Waals surface area (Å²) >= 11 is 0. The van der Waals surface area contributed by atoms with E-state index in [9.17, 15) is 9.59 Å². The van der Waals surface area contributed by atoms with E-state index in [4.69, 9.17) is 5.73 Å². The summed E-state index contributed by atoms with van der Waals surface area (Å²) in [5.74, 6) is -0.136. The average Bonchev–Trinajstić information content (AvgIpc) is 3.18. The molecule has 2 heterocycles. The molecular formula is C18H25N5O2. The van der Waals surface area contributed by atoms with Crippen molar-refractivity contribution < 1.29 is 9.59 Å². The zero-order valence-corrected chi connectivity index (χ0v) is 14.8. The largest absolute Gasteiger partial charge is 0.341 e. The van der Waals surface area contributed by atoms with Gasteiger partial charge in [-0.05, 0) is 26.3 Å². The standard InChI is InChI=1S/C18H25N5O2/c1-3-21(4-2)18(25)16-9-14(19)11-23(16)17(24)12-22-10-13-7-5-6-8-15(13)20-22/h5-8,10,14,16H,3-4,9,11-12,19H2,1-2H3/t14-,16-/m0/s1. The molecule has 0 aliphatic carbocycles. The van der Waals surface area contributed by atoms with Gasteiger partial charge in [0.05, 0.1) is 5.52 Å². The van der Waals surface area contributed by atoms with Crippen molar-refractivity contribution in [3.63, 3.8) is 0 Å². The molecule has 1 aliphatic rings. The van der Waals surface area contributed by atoms with Crippen LogP contribution < -0.4 is 5.73 Å². The van der Waals surface area contributed by atoms with Gasteiger partial charge in [0.25, 0.3) is 0 Å². The van der Waals surface area contributed by atoms with Gasteiger partial charge in [-0.3, -0.25) is 14.3 Å². The van der Waals surface area contributed by atoms with Crippen molar-refractivity contribution >= 4 is 22.7 Å². The zero-order valence-electron chi connectivity index (χ0n) is 14.8. The van der Waals surface area contributed by atoms with Crippen molar-refractivity contribution in [2.75, 3.05) is 19.6 Å². The first kappa shape index (κ1) is 17.4. The van der Waals surface area contributed by atoms with Crippen molar-refractivity contribution in [3.05, 3.63) is 30.5 Å². The van der Waals surface area contributed by atoms with Crippen molar-refractivity contribution in [2.45, 2.75) is 38.9 Å². The van der Waals surface area contributed by atoms with E-state index in [-0.39, 0.29) is 24.4 Å². The third-order valence-corrected chi connectivity index (χ3v) is 4.77. The molecule has 1 aromatic heterocycles. The highest BCUT2D eigenvalue weighted by atomic mass is 16.2. The maximum Gasteiger partial charge on any atom is 0.245 e. The topological polar surface area (TPSA) is 84.5 Å². The van der Waals surface area contributed by atoms with E-state index in [0.717, 1.165) is 10.9 Å². The lowest BCUT2D eigenvalue weighted by atomic mass is 10.1. The van der Waals surface area contributed by atoms with Crippen molar-refractivity contribution in [2.24, 2.45) is 5.73 Å². The Balaban J connectivity index is 1.75. The smallest absolute Gasteiger partial charge is 0.245 e. The predicted octanol–water partition coefficient (Wildman–Crippen LogP) is 0.833. The van der Waals surface area contributed by atoms with Crippen LogP contribution in [-0.4, -0.2) is 63.1 Å². The molecule has 2 N–H and O–H groups in total. The Morgan fingerprint density at radius 3 is 2.68 bits per heavy atom. The Morgan fingerprint density at radius 1 is 1.28 bits per heavy atom. The summed E-state index contributed by atoms with van der Waals surface area (Å²) in [6, 6.07) is 7.10. The minimum Gasteiger partial charge on any atom is -0.341 e. The van der Waals surface area contributed by atoms with Crippen LogP contribution in [0.1, 0.15) is 20.3 Å². The van der Waals surface area contributed by atoms with Gasteiger partial charge in [-0.2, -0.15) is 5.10 Å². The van der Waals surface area contributed by atoms with Crippen LogP contribution in [0, 0.1) is 0 Å². The second-order valence-corrected chi connectivity index (χ2v) is 6.45. The molecule has 2 atom stereocenters. The van der Waals surface area contributed by atoms with Gasteiger partial charge >= 0.3 is 0 Å². The van der Waals surface area contributed by atoms with Gasteiger partial charge in [-0.15, -0.1) is 0 Å². The fraction of sp³-hybridized carbons (Fsp3) is 0.500. The Bertz CT molecular complexity index is 735. The highest BCUT2D eigenvalue weighted by molar-refractivity contribution is 5.88. The zero-order chi connectivity index (χ0) is 18.0. The summed E-state index contributed by atoms with van der Waals surface area (Å²) in [5, 5.41) is 5.41. The van der Waals surface area contributed by atoms with E-state index in [1.54, 1.807) is 14.5 Å². The summed E-state index contributed by atoms with van der Waals surface area (Å²) in [7, 11) is 0. The molecule has 3 rings (SSSR count). The number of hydrogen-bond acceptors (Lipinski definition) is 4. The van der Waals surface area contributed by atoms with Gasteiger partial charge in [-0.25, -0.2) is 0 Å². The number of rotatable bonds is 5. The van der Waals surface area contributed by atoms with Crippen LogP contribution in [0.2, 0.25) is 0 Å². The third kappa shape index (κ3) is 3.51. The number of likely N-dealkylation sites (tertiary alicyclic amines) is 1. The molecule has 1 aliphatic heterocycles. The van der Waals surface area contributed by atoms with E-state index in [1.165, 1.54) is 0 Å². The lowest BCUT2D eigenvalue weighted by Gasteiger charge is -2.28. The molecule has 0 spiro atoms. The molecule has 2 aromatic rings. The van der Waals surface area contributed by atoms with Crippen molar-refractivity contribution in [1.82, 2.24) is 19.6 Å². The number of aromatic nitrogens is 2. The molecule has 1 aromatic carbocycles. The molecular weight excluding hydrogens is 318 g/mol. The molecule has 2 amide bonds. The van der Waals surface area contributed by atoms with Gasteiger partial charge < -0.3 is 15.5 Å². The molecule has 1 fully saturated rings. The molecule has 0 unspecified atom stereocenters. The Morgan fingerprint density at radius 2 is 2.00 bits per heavy atom. The number of nitrogens with zero attached hydrogens (tertiary/aromatic N) is 4. The Kier molecular flexibility index (Phi) is 5.03. The maximum absolute atomic E-state index is 12.8. The van der Waals surface area contributed by atoms with Crippen LogP contribution in [0.15, 0.2) is 30.5 Å². The molecule has 0 radical (unpaired) electrons. The van der Waals surface area contributed by atoms with Gasteiger partial charge in [0, 0.05) is 37.3 Å². The van der Waals surface area contributed by atoms with Crippen LogP contribution in [0.5, 0.6) is 0 Å². The SMILES string of the molecule is CCN(CC)C(=O)[C@@H]1C[C@H](N)CN1C(=O)Cn1cc2ccccc2n1. The summed E-state index contributed by atoms with van der Waals surface area (Å²) in [6.07, 6.45) is 2.37. The first-order valence-electron chi connectivity index (χ1n) is 8.79. The second-order valence-electron chi connectivity index (χ2n) is 6.45. The molecule has 134 valence electrons. The molecule has 7 heteroatoms. The van der Waals surface area contributed by atoms with Crippen molar-refractivity contribution in [1.29, 1.82) is 0 Å². The van der Waals surface area contributed by atoms with E-state index >= 15 is 0 Å². The Hall–Kier alpha value is -2.41. The number of nitrogens with two attached hydrogens (primary N) is 1. The monoisotopic (exact) mass is 343 g/mol. The number of likely N-dealkylation sites (N-methyl/N-ethyl adjacent to an activating group) is 1. The third-order valence-electron chi connectivity index (χ3n) is 4.77. The minimum atomic E-state index is -0.465. The van der Waals surface area contributed by atoms with Crippen molar-refractivity contribution in [3.8, 4) is 0 Å². The second kappa shape index (κ2) is 7.23. The molecule has 0 saturated carbocycles. The van der Waals surface area contributed by atoms with E-state index in [2.05, 4.69) is 5.10 Å². The lowest BCUT2D eigenvalue weighted by Crippen LogP contribution is -2.48. The fourth-order valence-electron chi connectivity index (χ4n) is 3.45. The first-order valence-corrected chi connectivity index (χ1v) is 8.79. The number of fused-ring (bicyclic) bond motifs is 1. The number of carbonyl (C=O) groups is 2. The highest BCUT2D eigenvalue weighted by Gasteiger charge is 2.39. The average molecular weight is 343 g/mol. The first-order chi connectivity index (χ1) is 12.0. The predicted molar refractivity (Wildman–Crippen MR) is 95.8 cm³/mol. The fourth-order valence-corrected chi connectivity index (χ4v) is 3.45. The van der Waals surface area contributed by atoms with Crippen LogP contribution in [-0.2, 0) is 16.1 Å². The normalized spacial score (nSPS) is 20.2. The summed E-state index contributed by atoms with van der Waals surface area (Å²) in [6.45, 7) is 5.68. The van der Waals surface area contributed by atoms with Gasteiger partial charge in [0.1, 0.15) is 12.6 Å².